The van der Waals surface area contributed by atoms with Crippen LogP contribution in [0.25, 0.3) is 0 Å². The van der Waals surface area contributed by atoms with Gasteiger partial charge in [-0.05, 0) is 0 Å². The molecular weight excluding hydrogens is 384 g/mol. The standard InChI is InChI=1S/C14H22OSi.2ClH.Ru/c1-7-16(5,6)13-8-9-14(12(4)10-13)15-11(2)3;;;/h4,8-11H,7H2,1-3,5-6H3;2*1H;/q;;;+2/p-2. The second kappa shape index (κ2) is 7.36. The van der Waals surface area contributed by atoms with E-state index in [0.717, 1.165) is 11.3 Å². The maximum atomic E-state index is 6.03. The molecule has 0 saturated carbocycles. The van der Waals surface area contributed by atoms with E-state index < -0.39 is 21.6 Å². The minimum absolute atomic E-state index is 0.153. The van der Waals surface area contributed by atoms with E-state index in [1.54, 1.807) is 0 Å². The molecule has 0 aliphatic carbocycles. The molecule has 0 radical (unpaired) electrons. The van der Waals surface area contributed by atoms with Gasteiger partial charge in [0.05, 0.1) is 0 Å². The zero-order valence-corrected chi connectivity index (χ0v) is 16.4. The minimum atomic E-state index is -1.84. The van der Waals surface area contributed by atoms with Crippen LogP contribution in [0.1, 0.15) is 26.3 Å². The van der Waals surface area contributed by atoms with Crippen LogP contribution in [-0.4, -0.2) is 18.8 Å². The van der Waals surface area contributed by atoms with Gasteiger partial charge in [-0.1, -0.05) is 0 Å². The van der Waals surface area contributed by atoms with Gasteiger partial charge in [0.1, 0.15) is 0 Å². The van der Waals surface area contributed by atoms with Crippen molar-refractivity contribution in [3.63, 3.8) is 0 Å². The van der Waals surface area contributed by atoms with Crippen LogP contribution >= 0.6 is 19.4 Å². The average Bonchev–Trinajstić information content (AvgIpc) is 2.30. The van der Waals surface area contributed by atoms with Gasteiger partial charge >= 0.3 is 131 Å². The van der Waals surface area contributed by atoms with Gasteiger partial charge in [-0.15, -0.1) is 0 Å². The predicted octanol–water partition coefficient (Wildman–Crippen LogP) is 4.49. The molecular formula is C14H22Cl2ORuSi. The summed E-state index contributed by atoms with van der Waals surface area (Å²) in [5, 5.41) is 1.43. The van der Waals surface area contributed by atoms with E-state index in [1.807, 2.05) is 18.5 Å². The van der Waals surface area contributed by atoms with Crippen LogP contribution < -0.4 is 9.92 Å². The van der Waals surface area contributed by atoms with E-state index in [9.17, 15) is 0 Å². The Morgan fingerprint density at radius 1 is 1.32 bits per heavy atom. The SMILES string of the molecule is CC[Si](C)(C)c1ccc(OC(C)C)c([CH]=[Ru]([Cl])[Cl])c1. The van der Waals surface area contributed by atoms with Crippen LogP contribution in [0.15, 0.2) is 18.2 Å². The van der Waals surface area contributed by atoms with Gasteiger partial charge in [0.25, 0.3) is 0 Å². The molecule has 0 amide bonds. The zero-order valence-electron chi connectivity index (χ0n) is 12.1. The van der Waals surface area contributed by atoms with Gasteiger partial charge in [-0.25, -0.2) is 0 Å². The third-order valence-corrected chi connectivity index (χ3v) is 8.70. The second-order valence-electron chi connectivity index (χ2n) is 5.46. The Kier molecular flexibility index (Phi) is 6.72. The predicted molar refractivity (Wildman–Crippen MR) is 86.7 cm³/mol. The summed E-state index contributed by atoms with van der Waals surface area (Å²) in [6.07, 6.45) is 0.153. The maximum absolute atomic E-state index is 6.03. The Bertz CT molecular complexity index is 469. The first-order chi connectivity index (χ1) is 8.76. The molecule has 1 nitrogen and oxygen atoms in total. The van der Waals surface area contributed by atoms with Gasteiger partial charge in [-0.2, -0.15) is 0 Å². The molecule has 0 bridgehead atoms. The first-order valence-corrected chi connectivity index (χ1v) is 15.1. The Morgan fingerprint density at radius 2 is 1.95 bits per heavy atom. The Morgan fingerprint density at radius 3 is 2.42 bits per heavy atom. The topological polar surface area (TPSA) is 9.23 Å². The van der Waals surface area contributed by atoms with Crippen LogP contribution in [-0.2, 0) is 13.5 Å². The molecule has 0 aromatic heterocycles. The molecule has 110 valence electrons. The summed E-state index contributed by atoms with van der Waals surface area (Å²) in [4.78, 5) is 0. The van der Waals surface area contributed by atoms with E-state index in [4.69, 9.17) is 24.1 Å². The molecule has 0 fully saturated rings. The van der Waals surface area contributed by atoms with E-state index in [-0.39, 0.29) is 6.10 Å². The summed E-state index contributed by atoms with van der Waals surface area (Å²) in [5.41, 5.74) is 1.06. The summed E-state index contributed by atoms with van der Waals surface area (Å²) in [7, 11) is 10.7. The zero-order chi connectivity index (χ0) is 14.6. The van der Waals surface area contributed by atoms with Gasteiger partial charge < -0.3 is 0 Å². The first kappa shape index (κ1) is 17.4. The first-order valence-electron chi connectivity index (χ1n) is 6.40. The summed E-state index contributed by atoms with van der Waals surface area (Å²) < 4.78 is 7.82. The number of benzene rings is 1. The van der Waals surface area contributed by atoms with Crippen molar-refractivity contribution in [2.24, 2.45) is 0 Å². The van der Waals surface area contributed by atoms with Crippen LogP contribution in [0.5, 0.6) is 5.75 Å². The Hall–Kier alpha value is 0.310. The van der Waals surface area contributed by atoms with E-state index in [0.29, 0.717) is 0 Å². The van der Waals surface area contributed by atoms with Crippen molar-refractivity contribution in [1.82, 2.24) is 0 Å². The van der Waals surface area contributed by atoms with Crippen molar-refractivity contribution in [1.29, 1.82) is 0 Å². The van der Waals surface area contributed by atoms with Crippen LogP contribution in [0.3, 0.4) is 0 Å². The van der Waals surface area contributed by atoms with Crippen molar-refractivity contribution in [3.05, 3.63) is 23.8 Å². The number of hydrogen-bond acceptors (Lipinski definition) is 1. The van der Waals surface area contributed by atoms with E-state index >= 15 is 0 Å². The number of rotatable bonds is 5. The third kappa shape index (κ3) is 5.30. The fraction of sp³-hybridized carbons (Fsp3) is 0.500. The molecule has 1 aromatic carbocycles. The number of halogens is 2. The second-order valence-corrected chi connectivity index (χ2v) is 16.2. The van der Waals surface area contributed by atoms with Gasteiger partial charge in [-0.3, -0.25) is 0 Å². The Balaban J connectivity index is 3.26. The Labute approximate surface area is 130 Å². The van der Waals surface area contributed by atoms with Crippen molar-refractivity contribution >= 4 is 37.3 Å². The van der Waals surface area contributed by atoms with Crippen LogP contribution in [0.4, 0.5) is 0 Å². The average molecular weight is 406 g/mol. The van der Waals surface area contributed by atoms with E-state index in [1.165, 1.54) is 11.2 Å². The summed E-state index contributed by atoms with van der Waals surface area (Å²) in [6.45, 7) is 11.1. The quantitative estimate of drug-likeness (QED) is 0.655. The monoisotopic (exact) mass is 406 g/mol. The molecule has 1 rings (SSSR count). The molecule has 19 heavy (non-hydrogen) atoms. The van der Waals surface area contributed by atoms with Gasteiger partial charge in [0.15, 0.2) is 0 Å². The van der Waals surface area contributed by atoms with Crippen molar-refractivity contribution < 1.29 is 18.3 Å². The van der Waals surface area contributed by atoms with E-state index in [2.05, 4.69) is 38.2 Å². The summed E-state index contributed by atoms with van der Waals surface area (Å²) >= 11 is -1.84. The number of ether oxygens (including phenoxy) is 1. The number of hydrogen-bond donors (Lipinski definition) is 0. The molecule has 0 aliphatic rings. The van der Waals surface area contributed by atoms with Crippen molar-refractivity contribution in [3.8, 4) is 5.75 Å². The summed E-state index contributed by atoms with van der Waals surface area (Å²) in [6, 6.07) is 7.71. The molecule has 5 heteroatoms. The van der Waals surface area contributed by atoms with Gasteiger partial charge in [0, 0.05) is 0 Å². The van der Waals surface area contributed by atoms with Gasteiger partial charge in [0.2, 0.25) is 0 Å². The molecule has 0 saturated heterocycles. The van der Waals surface area contributed by atoms with Crippen molar-refractivity contribution in [2.75, 3.05) is 0 Å². The fourth-order valence-electron chi connectivity index (χ4n) is 1.70. The summed E-state index contributed by atoms with van der Waals surface area (Å²) in [5.74, 6) is 0.889. The normalized spacial score (nSPS) is 12.5. The molecule has 0 unspecified atom stereocenters. The molecule has 0 atom stereocenters. The van der Waals surface area contributed by atoms with Crippen molar-refractivity contribution in [2.45, 2.75) is 46.0 Å². The fourth-order valence-corrected chi connectivity index (χ4v) is 4.97. The molecule has 0 heterocycles. The van der Waals surface area contributed by atoms with Crippen LogP contribution in [0, 0.1) is 0 Å². The molecule has 1 aromatic rings. The molecule has 0 aliphatic heterocycles. The molecule has 0 N–H and O–H groups in total. The third-order valence-electron chi connectivity index (χ3n) is 3.22. The van der Waals surface area contributed by atoms with Crippen LogP contribution in [0.2, 0.25) is 19.1 Å². The molecule has 0 spiro atoms.